The van der Waals surface area contributed by atoms with E-state index in [-0.39, 0.29) is 18.3 Å². The molecule has 2 aromatic heterocycles. The number of nitrogens with one attached hydrogen (secondary N) is 1. The third kappa shape index (κ3) is 2.94. The summed E-state index contributed by atoms with van der Waals surface area (Å²) in [7, 11) is 0. The minimum Gasteiger partial charge on any atom is -0.326 e. The van der Waals surface area contributed by atoms with E-state index in [1.807, 2.05) is 36.5 Å². The van der Waals surface area contributed by atoms with Gasteiger partial charge in [0.2, 0.25) is 5.91 Å². The summed E-state index contributed by atoms with van der Waals surface area (Å²) in [5.41, 5.74) is 10.1. The normalized spacial score (nSPS) is 12.7. The Morgan fingerprint density at radius 2 is 2.15 bits per heavy atom. The van der Waals surface area contributed by atoms with Crippen molar-refractivity contribution >= 4 is 35.2 Å². The Balaban J connectivity index is 0.00000196. The van der Waals surface area contributed by atoms with Crippen molar-refractivity contribution < 1.29 is 4.79 Å². The maximum atomic E-state index is 11.6. The second kappa shape index (κ2) is 7.20. The molecule has 3 heterocycles. The molecule has 0 saturated carbocycles. The number of benzene rings is 1. The maximum absolute atomic E-state index is 11.6. The molecule has 3 aromatic rings. The molecule has 4 rings (SSSR count). The van der Waals surface area contributed by atoms with Crippen molar-refractivity contribution in [2.45, 2.75) is 26.2 Å². The van der Waals surface area contributed by atoms with Crippen molar-refractivity contribution in [1.82, 2.24) is 9.38 Å². The zero-order valence-electron chi connectivity index (χ0n) is 14.6. The molecule has 1 N–H and O–H groups in total. The minimum absolute atomic E-state index is 0. The highest BCUT2D eigenvalue weighted by atomic mass is 35.5. The van der Waals surface area contributed by atoms with Gasteiger partial charge in [-0.2, -0.15) is 0 Å². The van der Waals surface area contributed by atoms with Gasteiger partial charge in [0.25, 0.3) is 0 Å². The van der Waals surface area contributed by atoms with Crippen LogP contribution in [0.25, 0.3) is 11.2 Å². The number of hydrogen-bond donors (Lipinski definition) is 1. The van der Waals surface area contributed by atoms with E-state index < -0.39 is 0 Å². The molecule has 0 fully saturated rings. The van der Waals surface area contributed by atoms with Crippen molar-refractivity contribution in [2.24, 2.45) is 0 Å². The van der Waals surface area contributed by atoms with Crippen LogP contribution in [0.2, 0.25) is 0 Å². The van der Waals surface area contributed by atoms with Crippen LogP contribution < -0.4 is 5.32 Å². The number of rotatable bonds is 3. The summed E-state index contributed by atoms with van der Waals surface area (Å²) >= 11 is 0. The highest BCUT2D eigenvalue weighted by Crippen LogP contribution is 2.31. The molecule has 0 aliphatic carbocycles. The Labute approximate surface area is 158 Å². The number of aromatic nitrogens is 2. The monoisotopic (exact) mass is 365 g/mol. The number of carbonyl (C=O) groups is 1. The van der Waals surface area contributed by atoms with E-state index in [1.54, 1.807) is 0 Å². The number of amides is 1. The van der Waals surface area contributed by atoms with Crippen molar-refractivity contribution in [3.63, 3.8) is 0 Å². The standard InChI is InChI=1S/C21H19N3O.ClH/c1-3-16(14-8-10-17-15(13-14)9-11-20(25)22-17)21-18(4-2)24-12-6-5-7-19(24)23-21;/h5-8,10,12-13H,1,4,9,11H2,2H3,(H,22,25);1H. The average molecular weight is 366 g/mol. The number of fused-ring (bicyclic) bond motifs is 2. The summed E-state index contributed by atoms with van der Waals surface area (Å²) in [6.07, 6.45) is 4.18. The summed E-state index contributed by atoms with van der Waals surface area (Å²) in [5.74, 6) is 0.0772. The highest BCUT2D eigenvalue weighted by molar-refractivity contribution is 5.94. The molecule has 1 aromatic carbocycles. The smallest absolute Gasteiger partial charge is 0.224 e. The van der Waals surface area contributed by atoms with Crippen LogP contribution in [0.1, 0.15) is 35.9 Å². The topological polar surface area (TPSA) is 46.4 Å². The summed E-state index contributed by atoms with van der Waals surface area (Å²) < 4.78 is 2.12. The molecular formula is C21H20ClN3O. The van der Waals surface area contributed by atoms with Gasteiger partial charge in [-0.15, -0.1) is 18.1 Å². The van der Waals surface area contributed by atoms with Crippen LogP contribution in [0, 0.1) is 0 Å². The summed E-state index contributed by atoms with van der Waals surface area (Å²) in [4.78, 5) is 16.4. The lowest BCUT2D eigenvalue weighted by molar-refractivity contribution is -0.116. The lowest BCUT2D eigenvalue weighted by atomic mass is 9.95. The first kappa shape index (κ1) is 18.0. The second-order valence-corrected chi connectivity index (χ2v) is 6.16. The van der Waals surface area contributed by atoms with E-state index in [9.17, 15) is 4.79 Å². The number of hydrogen-bond acceptors (Lipinski definition) is 2. The van der Waals surface area contributed by atoms with Gasteiger partial charge < -0.3 is 9.72 Å². The molecular weight excluding hydrogens is 346 g/mol. The number of halogens is 1. The van der Waals surface area contributed by atoms with E-state index in [0.717, 1.165) is 52.3 Å². The Bertz CT molecular complexity index is 1040. The van der Waals surface area contributed by atoms with Crippen LogP contribution in [-0.4, -0.2) is 15.3 Å². The first-order valence-corrected chi connectivity index (χ1v) is 8.50. The molecule has 0 spiro atoms. The van der Waals surface area contributed by atoms with Crippen molar-refractivity contribution in [1.29, 1.82) is 0 Å². The number of anilines is 1. The van der Waals surface area contributed by atoms with Crippen molar-refractivity contribution in [2.75, 3.05) is 5.32 Å². The second-order valence-electron chi connectivity index (χ2n) is 6.16. The van der Waals surface area contributed by atoms with Crippen LogP contribution in [0.3, 0.4) is 0 Å². The van der Waals surface area contributed by atoms with E-state index in [2.05, 4.69) is 35.0 Å². The zero-order chi connectivity index (χ0) is 17.4. The lowest BCUT2D eigenvalue weighted by Gasteiger charge is -2.18. The molecule has 26 heavy (non-hydrogen) atoms. The summed E-state index contributed by atoms with van der Waals surface area (Å²) in [6.45, 7) is 6.03. The molecule has 5 heteroatoms. The average Bonchev–Trinajstić information content (AvgIpc) is 3.00. The molecule has 0 saturated heterocycles. The van der Waals surface area contributed by atoms with E-state index >= 15 is 0 Å². The van der Waals surface area contributed by atoms with E-state index in [1.165, 1.54) is 0 Å². The Morgan fingerprint density at radius 3 is 2.92 bits per heavy atom. The molecule has 4 nitrogen and oxygen atoms in total. The predicted octanol–water partition coefficient (Wildman–Crippen LogP) is 4.42. The molecule has 0 atom stereocenters. The van der Waals surface area contributed by atoms with Gasteiger partial charge in [0.15, 0.2) is 0 Å². The van der Waals surface area contributed by atoms with Crippen LogP contribution in [0.15, 0.2) is 54.9 Å². The predicted molar refractivity (Wildman–Crippen MR) is 107 cm³/mol. The summed E-state index contributed by atoms with van der Waals surface area (Å²) in [6, 6.07) is 12.1. The van der Waals surface area contributed by atoms with Crippen LogP contribution >= 0.6 is 12.4 Å². The maximum Gasteiger partial charge on any atom is 0.224 e. The lowest BCUT2D eigenvalue weighted by Crippen LogP contribution is -2.18. The van der Waals surface area contributed by atoms with Gasteiger partial charge in [-0.3, -0.25) is 4.79 Å². The fourth-order valence-corrected chi connectivity index (χ4v) is 3.45. The fraction of sp³-hybridized carbons (Fsp3) is 0.190. The van der Waals surface area contributed by atoms with Gasteiger partial charge in [-0.25, -0.2) is 4.98 Å². The fourth-order valence-electron chi connectivity index (χ4n) is 3.45. The van der Waals surface area contributed by atoms with Crippen LogP contribution in [0.5, 0.6) is 0 Å². The first-order valence-electron chi connectivity index (χ1n) is 8.50. The first-order chi connectivity index (χ1) is 12.2. The number of imidazole rings is 1. The quantitative estimate of drug-likeness (QED) is 0.698. The van der Waals surface area contributed by atoms with Crippen LogP contribution in [0.4, 0.5) is 5.69 Å². The third-order valence-corrected chi connectivity index (χ3v) is 4.67. The molecule has 132 valence electrons. The van der Waals surface area contributed by atoms with Gasteiger partial charge >= 0.3 is 0 Å². The van der Waals surface area contributed by atoms with E-state index in [0.29, 0.717) is 6.42 Å². The number of nitrogens with zero attached hydrogens (tertiary/aromatic N) is 2. The van der Waals surface area contributed by atoms with Gasteiger partial charge in [0.05, 0.1) is 11.3 Å². The van der Waals surface area contributed by atoms with Gasteiger partial charge in [-0.1, -0.05) is 25.6 Å². The molecule has 0 radical (unpaired) electrons. The van der Waals surface area contributed by atoms with Crippen molar-refractivity contribution in [3.8, 4) is 0 Å². The SMILES string of the molecule is C=C=C(c1ccc2c(c1)CCC(=O)N2)c1nc2ccccn2c1CC.Cl. The number of carbonyl (C=O) groups excluding carboxylic acids is 1. The van der Waals surface area contributed by atoms with Gasteiger partial charge in [0, 0.05) is 18.3 Å². The molecule has 1 amide bonds. The Hall–Kier alpha value is -2.81. The molecule has 1 aliphatic heterocycles. The van der Waals surface area contributed by atoms with Gasteiger partial charge in [-0.05, 0) is 48.2 Å². The van der Waals surface area contributed by atoms with Crippen molar-refractivity contribution in [3.05, 3.63) is 77.4 Å². The molecule has 0 unspecified atom stereocenters. The third-order valence-electron chi connectivity index (χ3n) is 4.67. The van der Waals surface area contributed by atoms with Crippen LogP contribution in [-0.2, 0) is 17.6 Å². The molecule has 1 aliphatic rings. The number of pyridine rings is 1. The molecule has 0 bridgehead atoms. The Morgan fingerprint density at radius 1 is 1.31 bits per heavy atom. The van der Waals surface area contributed by atoms with Gasteiger partial charge in [0.1, 0.15) is 11.3 Å². The zero-order valence-corrected chi connectivity index (χ0v) is 15.4. The highest BCUT2D eigenvalue weighted by Gasteiger charge is 2.19. The summed E-state index contributed by atoms with van der Waals surface area (Å²) in [5, 5.41) is 2.92. The Kier molecular flexibility index (Phi) is 4.99. The number of aryl methyl sites for hydroxylation is 2. The van der Waals surface area contributed by atoms with E-state index in [4.69, 9.17) is 4.98 Å². The minimum atomic E-state index is 0. The largest absolute Gasteiger partial charge is 0.326 e.